The molecule has 1 aliphatic rings. The lowest BCUT2D eigenvalue weighted by atomic mass is 9.83. The summed E-state index contributed by atoms with van der Waals surface area (Å²) in [5.74, 6) is 1.64. The van der Waals surface area contributed by atoms with Crippen molar-refractivity contribution in [3.05, 3.63) is 0 Å². The molecule has 0 aromatic heterocycles. The molecular formula is C14H29NOS. The second-order valence-corrected chi connectivity index (χ2v) is 7.24. The molecule has 3 heteroatoms. The van der Waals surface area contributed by atoms with Crippen molar-refractivity contribution >= 4 is 10.8 Å². The first kappa shape index (κ1) is 15.2. The lowest BCUT2D eigenvalue weighted by Crippen LogP contribution is -2.43. The first-order chi connectivity index (χ1) is 8.19. The van der Waals surface area contributed by atoms with Crippen LogP contribution in [0.25, 0.3) is 0 Å². The maximum absolute atomic E-state index is 12.3. The van der Waals surface area contributed by atoms with Crippen LogP contribution in [0.3, 0.4) is 0 Å². The Balaban J connectivity index is 2.39. The van der Waals surface area contributed by atoms with Gasteiger partial charge in [0.25, 0.3) is 0 Å². The molecule has 1 aliphatic carbocycles. The van der Waals surface area contributed by atoms with Crippen molar-refractivity contribution in [1.29, 1.82) is 0 Å². The van der Waals surface area contributed by atoms with Gasteiger partial charge in [-0.2, -0.15) is 0 Å². The van der Waals surface area contributed by atoms with Crippen LogP contribution in [0, 0.1) is 5.92 Å². The van der Waals surface area contributed by atoms with Crippen molar-refractivity contribution < 1.29 is 4.21 Å². The molecule has 4 unspecified atom stereocenters. The van der Waals surface area contributed by atoms with Crippen molar-refractivity contribution in [3.63, 3.8) is 0 Å². The molecule has 0 aromatic rings. The number of hydrogen-bond acceptors (Lipinski definition) is 2. The number of hydrogen-bond donors (Lipinski definition) is 1. The van der Waals surface area contributed by atoms with Crippen molar-refractivity contribution in [2.75, 3.05) is 5.75 Å². The molecule has 0 aliphatic heterocycles. The van der Waals surface area contributed by atoms with Crippen LogP contribution in [0.15, 0.2) is 0 Å². The Kier molecular flexibility index (Phi) is 7.36. The van der Waals surface area contributed by atoms with Gasteiger partial charge >= 0.3 is 0 Å². The van der Waals surface area contributed by atoms with E-state index in [-0.39, 0.29) is 11.3 Å². The van der Waals surface area contributed by atoms with Gasteiger partial charge < -0.3 is 5.73 Å². The van der Waals surface area contributed by atoms with Crippen LogP contribution in [-0.4, -0.2) is 21.3 Å². The molecule has 0 bridgehead atoms. The summed E-state index contributed by atoms with van der Waals surface area (Å²) in [6, 6.07) is 0.186. The van der Waals surface area contributed by atoms with E-state index in [4.69, 9.17) is 5.73 Å². The highest BCUT2D eigenvalue weighted by atomic mass is 32.2. The largest absolute Gasteiger partial charge is 0.327 e. The fourth-order valence-corrected chi connectivity index (χ4v) is 4.66. The molecule has 1 fully saturated rings. The molecule has 0 saturated heterocycles. The first-order valence-corrected chi connectivity index (χ1v) is 8.70. The van der Waals surface area contributed by atoms with Gasteiger partial charge in [-0.15, -0.1) is 0 Å². The Morgan fingerprint density at radius 1 is 1.18 bits per heavy atom. The summed E-state index contributed by atoms with van der Waals surface area (Å²) in [5.41, 5.74) is 6.15. The Hall–Kier alpha value is 0.110. The van der Waals surface area contributed by atoms with E-state index in [9.17, 15) is 4.21 Å². The predicted octanol–water partition coefficient (Wildman–Crippen LogP) is 3.22. The monoisotopic (exact) mass is 259 g/mol. The number of nitrogens with two attached hydrogens (primary N) is 1. The number of rotatable bonds is 7. The van der Waals surface area contributed by atoms with E-state index in [0.717, 1.165) is 30.9 Å². The second-order valence-electron chi connectivity index (χ2n) is 5.46. The second kappa shape index (κ2) is 8.25. The van der Waals surface area contributed by atoms with Crippen LogP contribution in [0.1, 0.15) is 65.2 Å². The summed E-state index contributed by atoms with van der Waals surface area (Å²) >= 11 is 0. The van der Waals surface area contributed by atoms with E-state index < -0.39 is 10.8 Å². The Morgan fingerprint density at radius 2 is 1.94 bits per heavy atom. The molecule has 102 valence electrons. The van der Waals surface area contributed by atoms with E-state index in [1.54, 1.807) is 0 Å². The third kappa shape index (κ3) is 5.09. The van der Waals surface area contributed by atoms with Crippen molar-refractivity contribution in [2.45, 2.75) is 76.5 Å². The SMILES string of the molecule is CCCCCS(=O)C1CC(CCC)CCC1N. The molecule has 0 amide bonds. The third-order valence-corrected chi connectivity index (χ3v) is 5.84. The molecule has 4 atom stereocenters. The minimum atomic E-state index is -0.687. The van der Waals surface area contributed by atoms with E-state index >= 15 is 0 Å². The number of unbranched alkanes of at least 4 members (excludes halogenated alkanes) is 2. The minimum absolute atomic E-state index is 0.186. The minimum Gasteiger partial charge on any atom is -0.327 e. The molecule has 2 N–H and O–H groups in total. The van der Waals surface area contributed by atoms with E-state index in [2.05, 4.69) is 13.8 Å². The molecule has 0 radical (unpaired) electrons. The van der Waals surface area contributed by atoms with Crippen LogP contribution in [0.2, 0.25) is 0 Å². The van der Waals surface area contributed by atoms with Gasteiger partial charge in [0.2, 0.25) is 0 Å². The lowest BCUT2D eigenvalue weighted by Gasteiger charge is -2.33. The molecule has 0 aromatic carbocycles. The van der Waals surface area contributed by atoms with Gasteiger partial charge in [-0.25, -0.2) is 0 Å². The molecule has 0 heterocycles. The van der Waals surface area contributed by atoms with Gasteiger partial charge in [-0.3, -0.25) is 4.21 Å². The molecule has 0 spiro atoms. The van der Waals surface area contributed by atoms with Gasteiger partial charge in [0.05, 0.1) is 5.25 Å². The van der Waals surface area contributed by atoms with Crippen molar-refractivity contribution in [2.24, 2.45) is 11.7 Å². The zero-order valence-electron chi connectivity index (χ0n) is 11.5. The van der Waals surface area contributed by atoms with Crippen LogP contribution >= 0.6 is 0 Å². The first-order valence-electron chi connectivity index (χ1n) is 7.31. The van der Waals surface area contributed by atoms with Crippen molar-refractivity contribution in [1.82, 2.24) is 0 Å². The summed E-state index contributed by atoms with van der Waals surface area (Å²) in [6.07, 6.45) is 9.47. The summed E-state index contributed by atoms with van der Waals surface area (Å²) in [6.45, 7) is 4.42. The van der Waals surface area contributed by atoms with Gasteiger partial charge in [0, 0.05) is 22.6 Å². The average molecular weight is 259 g/mol. The van der Waals surface area contributed by atoms with Crippen LogP contribution in [0.5, 0.6) is 0 Å². The highest BCUT2D eigenvalue weighted by Gasteiger charge is 2.31. The van der Waals surface area contributed by atoms with Gasteiger partial charge in [0.1, 0.15) is 0 Å². The smallest absolute Gasteiger partial charge is 0.0501 e. The zero-order chi connectivity index (χ0) is 12.7. The fraction of sp³-hybridized carbons (Fsp3) is 1.00. The van der Waals surface area contributed by atoms with Crippen LogP contribution in [0.4, 0.5) is 0 Å². The summed E-state index contributed by atoms with van der Waals surface area (Å²) in [7, 11) is -0.687. The molecule has 2 nitrogen and oxygen atoms in total. The van der Waals surface area contributed by atoms with Crippen LogP contribution < -0.4 is 5.73 Å². The predicted molar refractivity (Wildman–Crippen MR) is 76.5 cm³/mol. The quantitative estimate of drug-likeness (QED) is 0.713. The third-order valence-electron chi connectivity index (χ3n) is 3.94. The molecular weight excluding hydrogens is 230 g/mol. The van der Waals surface area contributed by atoms with E-state index in [1.165, 1.54) is 32.1 Å². The Bertz CT molecular complexity index is 232. The van der Waals surface area contributed by atoms with E-state index in [0.29, 0.717) is 0 Å². The summed E-state index contributed by atoms with van der Waals surface area (Å²) < 4.78 is 12.3. The highest BCUT2D eigenvalue weighted by Crippen LogP contribution is 2.30. The molecule has 17 heavy (non-hydrogen) atoms. The van der Waals surface area contributed by atoms with Gasteiger partial charge in [-0.05, 0) is 31.6 Å². The molecule has 1 saturated carbocycles. The standard InChI is InChI=1S/C14H29NOS/c1-3-5-6-10-17(16)14-11-12(7-4-2)8-9-13(14)15/h12-14H,3-11,15H2,1-2H3. The lowest BCUT2D eigenvalue weighted by molar-refractivity contribution is 0.313. The maximum atomic E-state index is 12.3. The Labute approximate surface area is 109 Å². The average Bonchev–Trinajstić information content (AvgIpc) is 2.32. The summed E-state index contributed by atoms with van der Waals surface area (Å²) in [5, 5.41) is 0.275. The Morgan fingerprint density at radius 3 is 2.59 bits per heavy atom. The van der Waals surface area contributed by atoms with Crippen LogP contribution in [-0.2, 0) is 10.8 Å². The maximum Gasteiger partial charge on any atom is 0.0501 e. The summed E-state index contributed by atoms with van der Waals surface area (Å²) in [4.78, 5) is 0. The fourth-order valence-electron chi connectivity index (χ4n) is 2.85. The van der Waals surface area contributed by atoms with Crippen molar-refractivity contribution in [3.8, 4) is 0 Å². The highest BCUT2D eigenvalue weighted by molar-refractivity contribution is 7.85. The molecule has 1 rings (SSSR count). The topological polar surface area (TPSA) is 43.1 Å². The van der Waals surface area contributed by atoms with Gasteiger partial charge in [0.15, 0.2) is 0 Å². The normalized spacial score (nSPS) is 31.4. The van der Waals surface area contributed by atoms with E-state index in [1.807, 2.05) is 0 Å². The van der Waals surface area contributed by atoms with Gasteiger partial charge in [-0.1, -0.05) is 39.5 Å². The zero-order valence-corrected chi connectivity index (χ0v) is 12.3.